The molecule has 21 heavy (non-hydrogen) atoms. The number of piperazine rings is 1. The minimum atomic E-state index is 0.242. The van der Waals surface area contributed by atoms with E-state index in [-0.39, 0.29) is 12.5 Å². The standard InChI is InChI=1S/C16H27N3O2/c1-2-7-17-9-11-18(12-10-17)16(21)14-19-8-3-5-15(19)6-4-13-20/h1,15,20H,3-14H2/t15-/m0/s1. The zero-order valence-corrected chi connectivity index (χ0v) is 12.8. The molecular formula is C16H27N3O2. The van der Waals surface area contributed by atoms with Gasteiger partial charge in [-0.15, -0.1) is 6.42 Å². The molecule has 5 nitrogen and oxygen atoms in total. The first kappa shape index (κ1) is 16.3. The van der Waals surface area contributed by atoms with Crippen LogP contribution in [0, 0.1) is 12.3 Å². The first-order valence-corrected chi connectivity index (χ1v) is 8.03. The minimum absolute atomic E-state index is 0.242. The van der Waals surface area contributed by atoms with Gasteiger partial charge in [0.05, 0.1) is 13.1 Å². The summed E-state index contributed by atoms with van der Waals surface area (Å²) in [5, 5.41) is 8.95. The molecule has 2 fully saturated rings. The van der Waals surface area contributed by atoms with E-state index in [0.29, 0.717) is 19.1 Å². The van der Waals surface area contributed by atoms with Crippen molar-refractivity contribution >= 4 is 5.91 Å². The molecule has 0 aromatic rings. The van der Waals surface area contributed by atoms with Crippen LogP contribution >= 0.6 is 0 Å². The van der Waals surface area contributed by atoms with Gasteiger partial charge in [-0.25, -0.2) is 0 Å². The molecule has 2 rings (SSSR count). The second kappa shape index (κ2) is 8.38. The summed E-state index contributed by atoms with van der Waals surface area (Å²) in [5.74, 6) is 2.90. The summed E-state index contributed by atoms with van der Waals surface area (Å²) in [6.07, 6.45) is 9.48. The fourth-order valence-corrected chi connectivity index (χ4v) is 3.32. The summed E-state index contributed by atoms with van der Waals surface area (Å²) in [7, 11) is 0. The van der Waals surface area contributed by atoms with Gasteiger partial charge in [0, 0.05) is 38.8 Å². The van der Waals surface area contributed by atoms with Gasteiger partial charge in [-0.3, -0.25) is 14.6 Å². The van der Waals surface area contributed by atoms with Gasteiger partial charge in [0.1, 0.15) is 0 Å². The third-order valence-electron chi connectivity index (χ3n) is 4.57. The van der Waals surface area contributed by atoms with E-state index >= 15 is 0 Å². The summed E-state index contributed by atoms with van der Waals surface area (Å²) >= 11 is 0. The highest BCUT2D eigenvalue weighted by atomic mass is 16.3. The van der Waals surface area contributed by atoms with Crippen molar-refractivity contribution < 1.29 is 9.90 Å². The highest BCUT2D eigenvalue weighted by Gasteiger charge is 2.28. The Labute approximate surface area is 127 Å². The Morgan fingerprint density at radius 2 is 2.00 bits per heavy atom. The Balaban J connectivity index is 1.75. The SMILES string of the molecule is C#CCN1CCN(C(=O)CN2CCC[C@H]2CCCO)CC1. The number of aliphatic hydroxyl groups is 1. The maximum atomic E-state index is 12.4. The molecule has 2 aliphatic rings. The van der Waals surface area contributed by atoms with Crippen LogP contribution in [0.15, 0.2) is 0 Å². The molecule has 0 aromatic heterocycles. The Morgan fingerprint density at radius 3 is 2.67 bits per heavy atom. The molecule has 1 amide bonds. The van der Waals surface area contributed by atoms with E-state index in [1.165, 1.54) is 6.42 Å². The molecule has 0 spiro atoms. The van der Waals surface area contributed by atoms with Crippen LogP contribution in [-0.4, -0.2) is 84.2 Å². The number of carbonyl (C=O) groups is 1. The van der Waals surface area contributed by atoms with E-state index in [0.717, 1.165) is 52.0 Å². The van der Waals surface area contributed by atoms with Gasteiger partial charge in [-0.05, 0) is 32.2 Å². The second-order valence-electron chi connectivity index (χ2n) is 5.99. The molecule has 2 aliphatic heterocycles. The molecular weight excluding hydrogens is 266 g/mol. The predicted octanol–water partition coefficient (Wildman–Crippen LogP) is 0.000700. The zero-order valence-electron chi connectivity index (χ0n) is 12.8. The molecule has 2 heterocycles. The van der Waals surface area contributed by atoms with Crippen molar-refractivity contribution in [3.63, 3.8) is 0 Å². The number of carbonyl (C=O) groups excluding carboxylic acids is 1. The summed E-state index contributed by atoms with van der Waals surface area (Å²) in [6.45, 7) is 5.80. The lowest BCUT2D eigenvalue weighted by atomic mass is 10.1. The zero-order chi connectivity index (χ0) is 15.1. The summed E-state index contributed by atoms with van der Waals surface area (Å²) < 4.78 is 0. The van der Waals surface area contributed by atoms with Crippen molar-refractivity contribution in [1.29, 1.82) is 0 Å². The van der Waals surface area contributed by atoms with Gasteiger partial charge in [0.15, 0.2) is 0 Å². The van der Waals surface area contributed by atoms with E-state index in [1.807, 2.05) is 4.90 Å². The topological polar surface area (TPSA) is 47.0 Å². The average molecular weight is 293 g/mol. The van der Waals surface area contributed by atoms with Gasteiger partial charge in [-0.2, -0.15) is 0 Å². The third kappa shape index (κ3) is 4.70. The summed E-state index contributed by atoms with van der Waals surface area (Å²) in [6, 6.07) is 0.476. The van der Waals surface area contributed by atoms with Gasteiger partial charge >= 0.3 is 0 Å². The molecule has 0 aliphatic carbocycles. The van der Waals surface area contributed by atoms with Gasteiger partial charge in [0.2, 0.25) is 5.91 Å². The molecule has 2 saturated heterocycles. The smallest absolute Gasteiger partial charge is 0.236 e. The van der Waals surface area contributed by atoms with Gasteiger partial charge < -0.3 is 10.0 Å². The van der Waals surface area contributed by atoms with Crippen LogP contribution in [0.2, 0.25) is 0 Å². The molecule has 118 valence electrons. The van der Waals surface area contributed by atoms with E-state index in [9.17, 15) is 4.79 Å². The number of rotatable bonds is 6. The van der Waals surface area contributed by atoms with Crippen LogP contribution in [0.4, 0.5) is 0 Å². The number of likely N-dealkylation sites (tertiary alicyclic amines) is 1. The number of amides is 1. The van der Waals surface area contributed by atoms with Crippen LogP contribution in [0.3, 0.4) is 0 Å². The van der Waals surface area contributed by atoms with Crippen LogP contribution in [-0.2, 0) is 4.79 Å². The number of nitrogens with zero attached hydrogens (tertiary/aromatic N) is 3. The fourth-order valence-electron chi connectivity index (χ4n) is 3.32. The maximum Gasteiger partial charge on any atom is 0.236 e. The number of hydrogen-bond donors (Lipinski definition) is 1. The fraction of sp³-hybridized carbons (Fsp3) is 0.812. The van der Waals surface area contributed by atoms with Crippen molar-refractivity contribution in [3.8, 4) is 12.3 Å². The molecule has 1 N–H and O–H groups in total. The third-order valence-corrected chi connectivity index (χ3v) is 4.57. The van der Waals surface area contributed by atoms with Crippen LogP contribution in [0.1, 0.15) is 25.7 Å². The Morgan fingerprint density at radius 1 is 1.24 bits per heavy atom. The van der Waals surface area contributed by atoms with Crippen molar-refractivity contribution in [1.82, 2.24) is 14.7 Å². The summed E-state index contributed by atoms with van der Waals surface area (Å²) in [5.41, 5.74) is 0. The lowest BCUT2D eigenvalue weighted by Gasteiger charge is -2.35. The van der Waals surface area contributed by atoms with E-state index in [1.54, 1.807) is 0 Å². The Kier molecular flexibility index (Phi) is 6.50. The molecule has 0 radical (unpaired) electrons. The number of terminal acetylenes is 1. The largest absolute Gasteiger partial charge is 0.396 e. The lowest BCUT2D eigenvalue weighted by Crippen LogP contribution is -2.51. The maximum absolute atomic E-state index is 12.4. The molecule has 0 unspecified atom stereocenters. The first-order valence-electron chi connectivity index (χ1n) is 8.03. The molecule has 5 heteroatoms. The molecule has 0 saturated carbocycles. The molecule has 0 aromatic carbocycles. The second-order valence-corrected chi connectivity index (χ2v) is 5.99. The van der Waals surface area contributed by atoms with Crippen LogP contribution in [0.25, 0.3) is 0 Å². The van der Waals surface area contributed by atoms with E-state index in [2.05, 4.69) is 15.7 Å². The minimum Gasteiger partial charge on any atom is -0.396 e. The average Bonchev–Trinajstić information content (AvgIpc) is 2.93. The van der Waals surface area contributed by atoms with Gasteiger partial charge in [0.25, 0.3) is 0 Å². The quantitative estimate of drug-likeness (QED) is 0.700. The van der Waals surface area contributed by atoms with Crippen molar-refractivity contribution in [2.75, 3.05) is 52.4 Å². The van der Waals surface area contributed by atoms with Crippen molar-refractivity contribution in [3.05, 3.63) is 0 Å². The highest BCUT2D eigenvalue weighted by molar-refractivity contribution is 5.78. The normalized spacial score (nSPS) is 24.2. The first-order chi connectivity index (χ1) is 10.2. The van der Waals surface area contributed by atoms with E-state index < -0.39 is 0 Å². The Bertz CT molecular complexity index is 372. The van der Waals surface area contributed by atoms with Crippen LogP contribution in [0.5, 0.6) is 0 Å². The van der Waals surface area contributed by atoms with Crippen LogP contribution < -0.4 is 0 Å². The van der Waals surface area contributed by atoms with Gasteiger partial charge in [-0.1, -0.05) is 5.92 Å². The van der Waals surface area contributed by atoms with Crippen molar-refractivity contribution in [2.45, 2.75) is 31.7 Å². The Hall–Kier alpha value is -1.09. The number of aliphatic hydroxyl groups excluding tert-OH is 1. The summed E-state index contributed by atoms with van der Waals surface area (Å²) in [4.78, 5) is 18.9. The molecule has 0 bridgehead atoms. The molecule has 1 atom stereocenters. The monoisotopic (exact) mass is 293 g/mol. The number of hydrogen-bond acceptors (Lipinski definition) is 4. The van der Waals surface area contributed by atoms with Crippen molar-refractivity contribution in [2.24, 2.45) is 0 Å². The van der Waals surface area contributed by atoms with E-state index in [4.69, 9.17) is 11.5 Å². The highest BCUT2D eigenvalue weighted by Crippen LogP contribution is 2.21. The predicted molar refractivity (Wildman–Crippen MR) is 82.8 cm³/mol. The lowest BCUT2D eigenvalue weighted by molar-refractivity contribution is -0.134.